The van der Waals surface area contributed by atoms with Crippen LogP contribution in [0.5, 0.6) is 0 Å². The van der Waals surface area contributed by atoms with E-state index >= 15 is 0 Å². The van der Waals surface area contributed by atoms with Crippen molar-refractivity contribution in [2.45, 2.75) is 13.3 Å². The molecule has 0 amide bonds. The Hall–Kier alpha value is 0.114. The fourth-order valence-electron chi connectivity index (χ4n) is 1.28. The molecule has 0 N–H and O–H groups in total. The molecule has 1 aliphatic rings. The number of hydrogen-bond donors (Lipinski definition) is 0. The first kappa shape index (κ1) is 28.3. The van der Waals surface area contributed by atoms with Crippen LogP contribution in [0, 0.1) is 12.1 Å². The third-order valence-corrected chi connectivity index (χ3v) is 2.45. The van der Waals surface area contributed by atoms with Gasteiger partial charge >= 0.3 is 21.7 Å². The first-order valence-corrected chi connectivity index (χ1v) is 5.50. The molecule has 0 bridgehead atoms. The number of rotatable bonds is 2. The van der Waals surface area contributed by atoms with Crippen molar-refractivity contribution < 1.29 is 58.9 Å². The molecule has 0 spiro atoms. The molecule has 0 aromatic heterocycles. The van der Waals surface area contributed by atoms with Crippen molar-refractivity contribution in [3.63, 3.8) is 0 Å². The van der Waals surface area contributed by atoms with E-state index in [-0.39, 0.29) is 58.9 Å². The van der Waals surface area contributed by atoms with Crippen LogP contribution < -0.4 is 37.2 Å². The SMILES string of the molecule is C[C-](c1ccccc1)N(C)C.[C-]1=CC=CC1.[Cl-].[Cl-].[Cl-].[Ti+3]. The Bertz CT molecular complexity index is 343. The van der Waals surface area contributed by atoms with Gasteiger partial charge in [-0.1, -0.05) is 13.0 Å². The van der Waals surface area contributed by atoms with E-state index in [9.17, 15) is 0 Å². The molecule has 20 heavy (non-hydrogen) atoms. The van der Waals surface area contributed by atoms with Crippen molar-refractivity contribution in [1.82, 2.24) is 4.90 Å². The number of benzene rings is 1. The molecule has 2 rings (SSSR count). The molecule has 0 unspecified atom stereocenters. The second-order valence-corrected chi connectivity index (χ2v) is 3.85. The van der Waals surface area contributed by atoms with Crippen LogP contribution >= 0.6 is 0 Å². The van der Waals surface area contributed by atoms with Crippen molar-refractivity contribution in [2.75, 3.05) is 14.1 Å². The Morgan fingerprint density at radius 2 is 1.60 bits per heavy atom. The molecule has 0 saturated carbocycles. The van der Waals surface area contributed by atoms with Gasteiger partial charge in [-0.05, 0) is 14.1 Å². The van der Waals surface area contributed by atoms with Gasteiger partial charge in [0.25, 0.3) is 0 Å². The predicted molar refractivity (Wildman–Crippen MR) is 69.7 cm³/mol. The molecule has 1 aromatic carbocycles. The van der Waals surface area contributed by atoms with Gasteiger partial charge in [0, 0.05) is 0 Å². The Kier molecular flexibility index (Phi) is 24.3. The van der Waals surface area contributed by atoms with Gasteiger partial charge in [0.05, 0.1) is 0 Å². The number of halogens is 3. The van der Waals surface area contributed by atoms with E-state index in [1.807, 2.05) is 18.2 Å². The summed E-state index contributed by atoms with van der Waals surface area (Å²) in [7, 11) is 4.12. The zero-order valence-corrected chi connectivity index (χ0v) is 15.7. The van der Waals surface area contributed by atoms with Crippen LogP contribution in [-0.4, -0.2) is 19.0 Å². The molecular weight excluding hydrogens is 348 g/mol. The average Bonchev–Trinajstić information content (AvgIpc) is 2.88. The summed E-state index contributed by atoms with van der Waals surface area (Å²) in [5, 5.41) is 0. The summed E-state index contributed by atoms with van der Waals surface area (Å²) in [5.41, 5.74) is 1.29. The molecule has 0 fully saturated rings. The third kappa shape index (κ3) is 11.9. The molecule has 1 radical (unpaired) electrons. The first-order chi connectivity index (χ1) is 7.72. The Balaban J connectivity index is -0.000000124. The van der Waals surface area contributed by atoms with Gasteiger partial charge in [0.2, 0.25) is 0 Å². The third-order valence-electron chi connectivity index (χ3n) is 2.45. The van der Waals surface area contributed by atoms with Gasteiger partial charge in [-0.25, -0.2) is 12.2 Å². The Labute approximate surface area is 157 Å². The molecule has 1 aliphatic carbocycles. The van der Waals surface area contributed by atoms with Gasteiger partial charge in [-0.2, -0.15) is 23.8 Å². The van der Waals surface area contributed by atoms with E-state index in [2.05, 4.69) is 62.3 Å². The summed E-state index contributed by atoms with van der Waals surface area (Å²) in [6.45, 7) is 2.12. The summed E-state index contributed by atoms with van der Waals surface area (Å²) in [5.74, 6) is 0. The fraction of sp³-hybridized carbons (Fsp3) is 0.267. The molecular formula is C15H19Cl3NTi-2. The summed E-state index contributed by atoms with van der Waals surface area (Å²) < 4.78 is 0. The monoisotopic (exact) mass is 366 g/mol. The first-order valence-electron chi connectivity index (χ1n) is 5.50. The smallest absolute Gasteiger partial charge is 1.00 e. The van der Waals surface area contributed by atoms with E-state index in [1.165, 1.54) is 11.6 Å². The second kappa shape index (κ2) is 17.2. The number of hydrogen-bond acceptors (Lipinski definition) is 1. The minimum atomic E-state index is 0. The molecule has 0 aliphatic heterocycles. The molecule has 111 valence electrons. The minimum absolute atomic E-state index is 0. The molecule has 0 saturated heterocycles. The van der Waals surface area contributed by atoms with Crippen LogP contribution in [0.1, 0.15) is 18.9 Å². The van der Waals surface area contributed by atoms with Crippen molar-refractivity contribution in [2.24, 2.45) is 0 Å². The topological polar surface area (TPSA) is 3.24 Å². The van der Waals surface area contributed by atoms with Crippen LogP contribution in [-0.2, 0) is 21.7 Å². The maximum atomic E-state index is 2.99. The van der Waals surface area contributed by atoms with E-state index in [0.717, 1.165) is 6.42 Å². The molecule has 0 heterocycles. The van der Waals surface area contributed by atoms with E-state index in [4.69, 9.17) is 0 Å². The summed E-state index contributed by atoms with van der Waals surface area (Å²) >= 11 is 0. The van der Waals surface area contributed by atoms with Crippen molar-refractivity contribution in [3.05, 3.63) is 66.2 Å². The molecule has 1 nitrogen and oxygen atoms in total. The van der Waals surface area contributed by atoms with Crippen LogP contribution in [0.15, 0.2) is 48.6 Å². The van der Waals surface area contributed by atoms with Crippen LogP contribution in [0.25, 0.3) is 0 Å². The zero-order valence-electron chi connectivity index (χ0n) is 11.9. The number of allylic oxidation sites excluding steroid dienone is 4. The Morgan fingerprint density at radius 1 is 1.05 bits per heavy atom. The van der Waals surface area contributed by atoms with Gasteiger partial charge in [-0.15, -0.1) is 24.6 Å². The van der Waals surface area contributed by atoms with Gasteiger partial charge < -0.3 is 42.1 Å². The maximum absolute atomic E-state index is 2.99. The maximum Gasteiger partial charge on any atom is 3.00 e. The Morgan fingerprint density at radius 3 is 1.90 bits per heavy atom. The van der Waals surface area contributed by atoms with E-state index in [1.54, 1.807) is 0 Å². The zero-order chi connectivity index (χ0) is 11.8. The van der Waals surface area contributed by atoms with Crippen LogP contribution in [0.3, 0.4) is 0 Å². The largest absolute Gasteiger partial charge is 3.00 e. The van der Waals surface area contributed by atoms with Gasteiger partial charge in [0.15, 0.2) is 0 Å². The molecule has 0 atom stereocenters. The fourth-order valence-corrected chi connectivity index (χ4v) is 1.28. The van der Waals surface area contributed by atoms with Crippen LogP contribution in [0.2, 0.25) is 0 Å². The standard InChI is InChI=1S/C10H14N.C5H5.3ClH.Ti/c1-9(11(2)3)10-7-5-4-6-8-10;1-2-4-5-3-1;;;;/h4-8H,1-3H3;1-3H,4H2;3*1H;/q2*-1;;;;+3/p-3. The second-order valence-electron chi connectivity index (χ2n) is 3.85. The van der Waals surface area contributed by atoms with Crippen molar-refractivity contribution in [3.8, 4) is 0 Å². The van der Waals surface area contributed by atoms with E-state index < -0.39 is 0 Å². The molecule has 5 heteroatoms. The average molecular weight is 368 g/mol. The summed E-state index contributed by atoms with van der Waals surface area (Å²) in [6.07, 6.45) is 10.0. The number of nitrogens with zero attached hydrogens (tertiary/aromatic N) is 1. The normalized spacial score (nSPS) is 10.0. The van der Waals surface area contributed by atoms with Gasteiger partial charge in [0.1, 0.15) is 0 Å². The summed E-state index contributed by atoms with van der Waals surface area (Å²) in [4.78, 5) is 2.12. The summed E-state index contributed by atoms with van der Waals surface area (Å²) in [6, 6.07) is 11.7. The predicted octanol–water partition coefficient (Wildman–Crippen LogP) is -5.54. The van der Waals surface area contributed by atoms with Crippen molar-refractivity contribution >= 4 is 0 Å². The van der Waals surface area contributed by atoms with E-state index in [0.29, 0.717) is 0 Å². The van der Waals surface area contributed by atoms with Crippen LogP contribution in [0.4, 0.5) is 0 Å². The minimum Gasteiger partial charge on any atom is -1.00 e. The van der Waals surface area contributed by atoms with Gasteiger partial charge in [-0.3, -0.25) is 6.08 Å². The quantitative estimate of drug-likeness (QED) is 0.372. The molecule has 1 aromatic rings. The van der Waals surface area contributed by atoms with Crippen molar-refractivity contribution in [1.29, 1.82) is 0 Å².